The van der Waals surface area contributed by atoms with E-state index in [1.807, 2.05) is 17.9 Å². The summed E-state index contributed by atoms with van der Waals surface area (Å²) in [4.78, 5) is 0. The highest BCUT2D eigenvalue weighted by Crippen LogP contribution is 2.26. The molecule has 0 radical (unpaired) electrons. The second-order valence-electron chi connectivity index (χ2n) is 5.48. The molecule has 3 nitrogen and oxygen atoms in total. The van der Waals surface area contributed by atoms with Gasteiger partial charge in [-0.1, -0.05) is 25.7 Å². The Kier molecular flexibility index (Phi) is 4.60. The molecule has 1 unspecified atom stereocenters. The van der Waals surface area contributed by atoms with Crippen LogP contribution >= 0.6 is 0 Å². The Morgan fingerprint density at radius 3 is 2.65 bits per heavy atom. The fourth-order valence-electron chi connectivity index (χ4n) is 2.91. The summed E-state index contributed by atoms with van der Waals surface area (Å²) >= 11 is 0. The highest BCUT2D eigenvalue weighted by molar-refractivity contribution is 5.04. The molecule has 2 rings (SSSR count). The summed E-state index contributed by atoms with van der Waals surface area (Å²) in [7, 11) is 1.97. The maximum Gasteiger partial charge on any atom is 0.0521 e. The second-order valence-corrected chi connectivity index (χ2v) is 5.48. The van der Waals surface area contributed by atoms with Crippen LogP contribution in [0.3, 0.4) is 0 Å². The first kappa shape index (κ1) is 12.6. The first-order valence-corrected chi connectivity index (χ1v) is 6.99. The summed E-state index contributed by atoms with van der Waals surface area (Å²) in [6, 6.07) is 0.383. The van der Waals surface area contributed by atoms with Crippen molar-refractivity contribution in [1.82, 2.24) is 9.78 Å². The van der Waals surface area contributed by atoms with Crippen molar-refractivity contribution in [1.29, 1.82) is 0 Å². The zero-order chi connectivity index (χ0) is 12.1. The van der Waals surface area contributed by atoms with Crippen molar-refractivity contribution in [2.75, 3.05) is 0 Å². The Bertz CT molecular complexity index is 324. The van der Waals surface area contributed by atoms with Crippen LogP contribution in [0.25, 0.3) is 0 Å². The Morgan fingerprint density at radius 2 is 2.06 bits per heavy atom. The van der Waals surface area contributed by atoms with E-state index in [1.165, 1.54) is 44.1 Å². The summed E-state index contributed by atoms with van der Waals surface area (Å²) < 4.78 is 1.87. The van der Waals surface area contributed by atoms with Crippen molar-refractivity contribution in [3.8, 4) is 0 Å². The topological polar surface area (TPSA) is 43.8 Å². The number of aromatic nitrogens is 2. The minimum Gasteiger partial charge on any atom is -0.327 e. The van der Waals surface area contributed by atoms with Crippen LogP contribution < -0.4 is 5.73 Å². The average molecular weight is 235 g/mol. The van der Waals surface area contributed by atoms with Gasteiger partial charge in [-0.2, -0.15) is 5.10 Å². The van der Waals surface area contributed by atoms with Crippen LogP contribution in [0.1, 0.15) is 50.5 Å². The van der Waals surface area contributed by atoms with Crippen LogP contribution in [0, 0.1) is 5.92 Å². The molecule has 0 aliphatic heterocycles. The van der Waals surface area contributed by atoms with Gasteiger partial charge in [0.05, 0.1) is 6.20 Å². The third-order valence-electron chi connectivity index (χ3n) is 4.03. The fourth-order valence-corrected chi connectivity index (χ4v) is 2.91. The second kappa shape index (κ2) is 6.20. The van der Waals surface area contributed by atoms with Crippen LogP contribution in [-0.4, -0.2) is 15.8 Å². The van der Waals surface area contributed by atoms with Crippen molar-refractivity contribution in [3.63, 3.8) is 0 Å². The van der Waals surface area contributed by atoms with Crippen molar-refractivity contribution in [2.24, 2.45) is 18.7 Å². The van der Waals surface area contributed by atoms with E-state index < -0.39 is 0 Å². The van der Waals surface area contributed by atoms with Gasteiger partial charge in [0.2, 0.25) is 0 Å². The number of hydrogen-bond donors (Lipinski definition) is 1. The summed E-state index contributed by atoms with van der Waals surface area (Å²) in [6.45, 7) is 0. The first-order chi connectivity index (χ1) is 8.25. The van der Waals surface area contributed by atoms with E-state index in [2.05, 4.69) is 11.3 Å². The molecular formula is C14H25N3. The summed E-state index contributed by atoms with van der Waals surface area (Å²) in [5.74, 6) is 0.758. The van der Waals surface area contributed by atoms with E-state index in [-0.39, 0.29) is 0 Å². The van der Waals surface area contributed by atoms with Gasteiger partial charge in [0.25, 0.3) is 0 Å². The molecule has 0 saturated heterocycles. The number of nitrogens with zero attached hydrogens (tertiary/aromatic N) is 2. The Hall–Kier alpha value is -0.830. The van der Waals surface area contributed by atoms with Crippen molar-refractivity contribution in [2.45, 2.75) is 57.4 Å². The normalized spacial score (nSPS) is 20.1. The highest BCUT2D eigenvalue weighted by atomic mass is 15.2. The lowest BCUT2D eigenvalue weighted by Gasteiger charge is -2.22. The molecule has 0 bridgehead atoms. The Labute approximate surface area is 104 Å². The predicted octanol–water partition coefficient (Wildman–Crippen LogP) is 2.65. The molecule has 2 N–H and O–H groups in total. The SMILES string of the molecule is Cn1cc(CCC(N)C2CCCCCC2)cn1. The summed E-state index contributed by atoms with van der Waals surface area (Å²) in [5.41, 5.74) is 7.66. The molecule has 0 spiro atoms. The van der Waals surface area contributed by atoms with Gasteiger partial charge < -0.3 is 5.73 Å². The lowest BCUT2D eigenvalue weighted by Crippen LogP contribution is -2.30. The molecule has 0 aromatic carbocycles. The highest BCUT2D eigenvalue weighted by Gasteiger charge is 2.19. The zero-order valence-electron chi connectivity index (χ0n) is 10.9. The molecule has 1 saturated carbocycles. The molecule has 1 aliphatic rings. The van der Waals surface area contributed by atoms with Crippen LogP contribution in [0.5, 0.6) is 0 Å². The third-order valence-corrected chi connectivity index (χ3v) is 4.03. The van der Waals surface area contributed by atoms with Gasteiger partial charge in [-0.25, -0.2) is 0 Å². The van der Waals surface area contributed by atoms with Crippen LogP contribution in [-0.2, 0) is 13.5 Å². The maximum atomic E-state index is 6.35. The van der Waals surface area contributed by atoms with Crippen LogP contribution in [0.2, 0.25) is 0 Å². The van der Waals surface area contributed by atoms with Gasteiger partial charge in [0.1, 0.15) is 0 Å². The summed E-state index contributed by atoms with van der Waals surface area (Å²) in [5, 5.41) is 4.20. The van der Waals surface area contributed by atoms with Gasteiger partial charge in [-0.05, 0) is 37.2 Å². The molecule has 1 aromatic rings. The van der Waals surface area contributed by atoms with E-state index >= 15 is 0 Å². The van der Waals surface area contributed by atoms with Crippen LogP contribution in [0.4, 0.5) is 0 Å². The van der Waals surface area contributed by atoms with Gasteiger partial charge in [-0.3, -0.25) is 4.68 Å². The molecule has 1 aliphatic carbocycles. The average Bonchev–Trinajstić information content (AvgIpc) is 2.58. The molecule has 96 valence electrons. The lowest BCUT2D eigenvalue weighted by atomic mass is 9.89. The number of aryl methyl sites for hydroxylation is 2. The molecule has 1 fully saturated rings. The minimum atomic E-state index is 0.383. The largest absolute Gasteiger partial charge is 0.327 e. The van der Waals surface area contributed by atoms with E-state index in [4.69, 9.17) is 5.73 Å². The maximum absolute atomic E-state index is 6.35. The van der Waals surface area contributed by atoms with Gasteiger partial charge in [0.15, 0.2) is 0 Å². The van der Waals surface area contributed by atoms with E-state index in [0.29, 0.717) is 6.04 Å². The molecule has 3 heteroatoms. The lowest BCUT2D eigenvalue weighted by molar-refractivity contribution is 0.359. The third kappa shape index (κ3) is 3.84. The van der Waals surface area contributed by atoms with Crippen molar-refractivity contribution >= 4 is 0 Å². The molecule has 0 amide bonds. The number of hydrogen-bond acceptors (Lipinski definition) is 2. The molecule has 17 heavy (non-hydrogen) atoms. The fraction of sp³-hybridized carbons (Fsp3) is 0.786. The Balaban J connectivity index is 1.77. The zero-order valence-corrected chi connectivity index (χ0v) is 10.9. The quantitative estimate of drug-likeness (QED) is 0.815. The van der Waals surface area contributed by atoms with Gasteiger partial charge >= 0.3 is 0 Å². The Morgan fingerprint density at radius 1 is 1.35 bits per heavy atom. The number of nitrogens with two attached hydrogens (primary N) is 1. The first-order valence-electron chi connectivity index (χ1n) is 6.99. The van der Waals surface area contributed by atoms with Gasteiger partial charge in [0, 0.05) is 19.3 Å². The molecule has 1 atom stereocenters. The molecule has 1 heterocycles. The van der Waals surface area contributed by atoms with E-state index in [1.54, 1.807) is 0 Å². The van der Waals surface area contributed by atoms with Crippen LogP contribution in [0.15, 0.2) is 12.4 Å². The smallest absolute Gasteiger partial charge is 0.0521 e. The molecule has 1 aromatic heterocycles. The van der Waals surface area contributed by atoms with Crippen molar-refractivity contribution < 1.29 is 0 Å². The van der Waals surface area contributed by atoms with E-state index in [0.717, 1.165) is 18.8 Å². The molecular weight excluding hydrogens is 210 g/mol. The summed E-state index contributed by atoms with van der Waals surface area (Å²) in [6.07, 6.45) is 14.5. The van der Waals surface area contributed by atoms with Gasteiger partial charge in [-0.15, -0.1) is 0 Å². The monoisotopic (exact) mass is 235 g/mol. The van der Waals surface area contributed by atoms with E-state index in [9.17, 15) is 0 Å². The standard InChI is InChI=1S/C14H25N3/c1-17-11-12(10-16-17)8-9-14(15)13-6-4-2-3-5-7-13/h10-11,13-14H,2-9,15H2,1H3. The van der Waals surface area contributed by atoms with Crippen molar-refractivity contribution in [3.05, 3.63) is 18.0 Å². The minimum absolute atomic E-state index is 0.383. The predicted molar refractivity (Wildman–Crippen MR) is 70.7 cm³/mol. The number of rotatable bonds is 4.